The normalized spacial score (nSPS) is 9.52. The van der Waals surface area contributed by atoms with E-state index >= 15 is 0 Å². The van der Waals surface area contributed by atoms with Gasteiger partial charge in [0.1, 0.15) is 25.5 Å². The first kappa shape index (κ1) is 133. The topological polar surface area (TPSA) is 628 Å². The molecule has 129 heavy (non-hydrogen) atoms. The molecule has 0 fully saturated rings. The zero-order chi connectivity index (χ0) is 103. The van der Waals surface area contributed by atoms with Gasteiger partial charge in [-0.3, -0.25) is 4.79 Å². The molecule has 1 heterocycles. The van der Waals surface area contributed by atoms with Crippen molar-refractivity contribution < 1.29 is 149 Å². The molecule has 0 aliphatic carbocycles. The quantitative estimate of drug-likeness (QED) is 0.00345. The second-order valence-corrected chi connectivity index (χ2v) is 26.6. The monoisotopic (exact) mass is 2240 g/mol. The summed E-state index contributed by atoms with van der Waals surface area (Å²) in [6, 6.07) is 34.1. The number of aryl methyl sites for hydroxylation is 11. The maximum atomic E-state index is 11.9. The van der Waals surface area contributed by atoms with Gasteiger partial charge < -0.3 is 56.8 Å². The maximum Gasteiger partial charge on any atom is 0.347 e. The van der Waals surface area contributed by atoms with E-state index in [1.807, 2.05) is 156 Å². The fourth-order valence-corrected chi connectivity index (χ4v) is 7.96. The van der Waals surface area contributed by atoms with Crippen molar-refractivity contribution in [3.05, 3.63) is 203 Å². The van der Waals surface area contributed by atoms with Crippen LogP contribution in [0.25, 0.3) is 15.7 Å². The maximum absolute atomic E-state index is 11.9. The number of carboxylic acid groups (broad SMARTS) is 1. The second-order valence-electron chi connectivity index (χ2n) is 26.6. The molecule has 0 amide bonds. The molecule has 39 nitrogen and oxygen atoms in total. The number of hydrogen-bond donors (Lipinski definition) is 21. The van der Waals surface area contributed by atoms with Crippen molar-refractivity contribution in [2.75, 3.05) is 81.7 Å². The molecular weight excluding hydrogens is 2110 g/mol. The number of aromatic nitrogens is 1. The predicted octanol–water partition coefficient (Wildman–Crippen LogP) is 16.0. The summed E-state index contributed by atoms with van der Waals surface area (Å²) < 4.78 is 16.3. The molecule has 22 N–H and O–H groups in total. The van der Waals surface area contributed by atoms with Crippen molar-refractivity contribution in [3.63, 3.8) is 0 Å². The number of nitrogens with one attached hydrogen (secondary N) is 10. The molecule has 6 radical (unpaired) electrons. The van der Waals surface area contributed by atoms with Crippen molar-refractivity contribution in [1.29, 1.82) is 40.9 Å². The zero-order valence-electron chi connectivity index (χ0n) is 80.8. The van der Waals surface area contributed by atoms with Gasteiger partial charge in [-0.15, -0.1) is 29.9 Å². The smallest absolute Gasteiger partial charge is 0.347 e. The summed E-state index contributed by atoms with van der Waals surface area (Å²) in [4.78, 5) is 57.7. The number of nitrogens with zero attached hydrogens (tertiary/aromatic N) is 10. The van der Waals surface area contributed by atoms with Crippen molar-refractivity contribution in [3.8, 4) is 42.5 Å². The van der Waals surface area contributed by atoms with Crippen LogP contribution in [-0.2, 0) is 34.7 Å². The summed E-state index contributed by atoms with van der Waals surface area (Å²) in [6.45, 7) is 49.5. The molecule has 7 aromatic rings. The number of hydrogen-bond acceptors (Lipinski definition) is 35. The number of allylic oxidation sites excluding steroid dienone is 2. The summed E-state index contributed by atoms with van der Waals surface area (Å²) >= 11 is 0. The SMILES string of the molecule is C/C(C#N)=C\Nc1cc(C)c(NOO)cc1C.CC.CC#N.CC#N.CC#N.CC(C)(C)O.CC(C)(C)O.Cc1cc(NOO)c(C)cc1N.Cc1cc(NOO)c(C)cc1N/C=C(/C#N)C(=O)O.Cc1cc(NOO)c(C)cc1N/C=C/C#N.Cc1cc(NOO)c(C)cc1N=CN(C)C.Cc1cc2[nH]cc(C#N)c(=O)c2cc1NOO.[2H]OC[B].[2H][B].[2H][B].[C-]#[N+]CC.[U].[U]. The molecule has 7 rings (SSSR count). The number of H-pyrrole nitrogens is 1. The fraction of sp³-hybridized carbons (Fsp3) is 0.353. The van der Waals surface area contributed by atoms with Gasteiger partial charge in [0.2, 0.25) is 13.4 Å². The van der Waals surface area contributed by atoms with Crippen LogP contribution in [0.15, 0.2) is 125 Å². The van der Waals surface area contributed by atoms with Crippen LogP contribution in [-0.4, -0.2) is 141 Å². The zero-order valence-corrected chi connectivity index (χ0v) is 86.1. The average molecular weight is 2240 g/mol. The molecule has 0 saturated carbocycles. The van der Waals surface area contributed by atoms with E-state index in [1.54, 1.807) is 137 Å². The van der Waals surface area contributed by atoms with Crippen LogP contribution >= 0.6 is 0 Å². The van der Waals surface area contributed by atoms with Gasteiger partial charge in [-0.1, -0.05) is 13.8 Å². The number of carbonyl (C=O) groups is 1. The number of benzene rings is 6. The van der Waals surface area contributed by atoms with Gasteiger partial charge in [0.05, 0.1) is 87.7 Å². The Kier molecular flexibility index (Phi) is 87.0. The van der Waals surface area contributed by atoms with Crippen molar-refractivity contribution in [2.24, 2.45) is 4.99 Å². The summed E-state index contributed by atoms with van der Waals surface area (Å²) in [6.07, 6.45) is 8.82. The van der Waals surface area contributed by atoms with Crippen LogP contribution < -0.4 is 60.0 Å². The second kappa shape index (κ2) is 84.5. The Morgan fingerprint density at radius 1 is 0.566 bits per heavy atom. The van der Waals surface area contributed by atoms with Gasteiger partial charge in [-0.25, -0.2) is 80.8 Å². The van der Waals surface area contributed by atoms with Gasteiger partial charge >= 0.3 is 5.97 Å². The number of carboxylic acids is 1. The number of fused-ring (bicyclic) bond motifs is 1. The third kappa shape index (κ3) is 71.0. The summed E-state index contributed by atoms with van der Waals surface area (Å²) in [7, 11) is 16.0. The Morgan fingerprint density at radius 3 is 1.16 bits per heavy atom. The van der Waals surface area contributed by atoms with E-state index in [-0.39, 0.29) is 79.7 Å². The molecule has 44 heteroatoms. The molecule has 6 aromatic carbocycles. The Labute approximate surface area is 814 Å². The minimum Gasteiger partial charge on any atom is -0.477 e. The van der Waals surface area contributed by atoms with Crippen LogP contribution in [0.1, 0.15) is 157 Å². The number of aliphatic imine (C=N–C) groups is 1. The van der Waals surface area contributed by atoms with Crippen molar-refractivity contribution in [1.82, 2.24) is 9.88 Å². The number of nitriles is 7. The van der Waals surface area contributed by atoms with Gasteiger partial charge in [-0.05, 0) is 261 Å². The van der Waals surface area contributed by atoms with Crippen molar-refractivity contribution >= 4 is 110 Å². The van der Waals surface area contributed by atoms with Crippen LogP contribution in [0.3, 0.4) is 0 Å². The number of nitrogens with two attached hydrogens (primary N) is 1. The van der Waals surface area contributed by atoms with E-state index in [9.17, 15) is 9.59 Å². The van der Waals surface area contributed by atoms with Gasteiger partial charge in [0.25, 0.3) is 0 Å². The number of pyridine rings is 1. The first-order valence-corrected chi connectivity index (χ1v) is 36.9. The third-order valence-corrected chi connectivity index (χ3v) is 13.5. The Bertz CT molecular complexity index is 4890. The molecule has 0 bridgehead atoms. The van der Waals surface area contributed by atoms with E-state index in [0.717, 1.165) is 95.8 Å². The standard InChI is InChI=1S/C12H13N3O4.C12H15N3O2.C11H9N3O3.C11H17N3O2.C11H13N3O2.C8H12N2O2.2C4H10O.C3H5N.3C2H3N.C2H6.CH3BO.2BH.2U/c1-7-4-11(15-19-18)8(2)3-10(7)14-6-9(5-13)12(16)17;1-8(6-13)7-14-11-4-10(3)12(15-17-16)5-9(11)2;1-6-2-10-8(3-9(6)14-17-16)11(15)7(4-12)5-13-10;1-8-6-11(13-16-15)9(2)5-10(8)12-7-14(3)4;1-8-7-11(14-16-15)9(2)6-10(8)13-5-3-4-12;1-5-4-8(10-12-11)6(2)3-7(5)9;2*1-4(2,3)5;1-3-4-2;3*1-2-3;1-2;2-1-3;;;;/h3-4,6,14-15,18H,1-2H3,(H,16,17);4-5,7,14-16H,1-3H3;2-3,5,14,16H,1H3,(H,13,15);5-7,13,15H,1-4H3;3,5-7,13-15H,1-2H3;3-4,10-11H,9H2,1-2H3;2*5H,1-3H3;3H2,1H3;3*1H3;1-2H3;3H,1H2;2*1H;;/b9-6-;8-7+;;;5-3+;;;;;;;;;;;;;/i;;;;;;;;;;;;;3D;2*1D;;. The van der Waals surface area contributed by atoms with Crippen LogP contribution in [0.4, 0.5) is 62.6 Å². The van der Waals surface area contributed by atoms with E-state index < -0.39 is 22.7 Å². The van der Waals surface area contributed by atoms with Gasteiger partial charge in [0, 0.05) is 197 Å². The molecule has 694 valence electrons. The van der Waals surface area contributed by atoms with Crippen LogP contribution in [0.5, 0.6) is 0 Å². The molecule has 0 aliphatic rings. The molecule has 0 spiro atoms. The number of aliphatic carboxylic acids is 1. The Balaban J connectivity index is -0.000000138. The first-order valence-electron chi connectivity index (χ1n) is 38.5. The predicted molar refractivity (Wildman–Crippen MR) is 504 cm³/mol. The number of nitrogen functional groups attached to an aromatic ring is 1. The molecule has 1 aromatic heterocycles. The minimum atomic E-state index is -1.30. The Hall–Kier alpha value is -11.7. The molecule has 0 unspecified atom stereocenters. The van der Waals surface area contributed by atoms with E-state index in [2.05, 4.69) is 123 Å². The van der Waals surface area contributed by atoms with E-state index in [1.165, 1.54) is 39.1 Å². The largest absolute Gasteiger partial charge is 0.477 e. The Morgan fingerprint density at radius 2 is 0.860 bits per heavy atom. The third-order valence-electron chi connectivity index (χ3n) is 13.5. The first-order chi connectivity index (χ1) is 61.2. The number of anilines is 10. The summed E-state index contributed by atoms with van der Waals surface area (Å²) in [5, 5.41) is 145. The number of aromatic amines is 1. The molecular formula is C85H124B3N21O18U2. The molecule has 0 aliphatic heterocycles. The van der Waals surface area contributed by atoms with Crippen LogP contribution in [0.2, 0.25) is 0 Å². The van der Waals surface area contributed by atoms with Gasteiger partial charge in [0.15, 0.2) is 5.57 Å². The summed E-state index contributed by atoms with van der Waals surface area (Å²) in [5.41, 5.74) is 37.1. The van der Waals surface area contributed by atoms with Crippen LogP contribution in [0, 0.1) is 224 Å². The van der Waals surface area contributed by atoms with Crippen molar-refractivity contribution in [2.45, 2.75) is 177 Å². The number of aliphatic hydroxyl groups is 3. The minimum absolute atomic E-state index is 0. The molecule has 0 saturated heterocycles. The average Bonchev–Trinajstić information content (AvgIpc) is 0.789. The van der Waals surface area contributed by atoms with E-state index in [0.29, 0.717) is 57.1 Å². The molecule has 0 atom stereocenters. The number of rotatable bonds is 22. The van der Waals surface area contributed by atoms with Gasteiger partial charge in [-0.2, -0.15) is 36.8 Å². The van der Waals surface area contributed by atoms with E-state index in [4.69, 9.17) is 100 Å². The number of aliphatic hydroxyl groups excluding tert-OH is 1. The summed E-state index contributed by atoms with van der Waals surface area (Å²) in [5.74, 6) is -1.30. The fourth-order valence-electron chi connectivity index (χ4n) is 7.96.